The Labute approximate surface area is 74.8 Å². The lowest BCUT2D eigenvalue weighted by Crippen LogP contribution is -2.41. The Kier molecular flexibility index (Phi) is 1.62. The number of hydrogen-bond acceptors (Lipinski definition) is 3. The van der Waals surface area contributed by atoms with E-state index in [4.69, 9.17) is 5.11 Å². The van der Waals surface area contributed by atoms with Crippen molar-refractivity contribution in [2.45, 2.75) is 12.5 Å². The molecule has 1 aromatic rings. The molecule has 0 saturated carbocycles. The Balaban J connectivity index is 2.26. The van der Waals surface area contributed by atoms with Crippen molar-refractivity contribution in [3.8, 4) is 11.5 Å². The van der Waals surface area contributed by atoms with Crippen LogP contribution in [-0.4, -0.2) is 16.1 Å². The van der Waals surface area contributed by atoms with Crippen LogP contribution in [0.4, 0.5) is 0 Å². The minimum absolute atomic E-state index is 0.0162. The zero-order valence-corrected chi connectivity index (χ0v) is 6.82. The summed E-state index contributed by atoms with van der Waals surface area (Å²) in [4.78, 5) is 10.6. The molecule has 1 atom stereocenters. The van der Waals surface area contributed by atoms with Crippen molar-refractivity contribution in [1.82, 2.24) is 5.32 Å². The Morgan fingerprint density at radius 2 is 2.08 bits per heavy atom. The van der Waals surface area contributed by atoms with Gasteiger partial charge in [0.1, 0.15) is 11.5 Å². The molecule has 2 rings (SSSR count). The van der Waals surface area contributed by atoms with Crippen LogP contribution in [0.2, 0.25) is 0 Å². The topological polar surface area (TPSA) is 69.6 Å². The van der Waals surface area contributed by atoms with Crippen LogP contribution in [0.25, 0.3) is 0 Å². The fourth-order valence-corrected chi connectivity index (χ4v) is 1.37. The SMILES string of the molecule is O=C1CC(c2ccc(O)cc2O)N1. The molecule has 1 aliphatic rings. The molecular formula is C9H9NO3. The van der Waals surface area contributed by atoms with E-state index >= 15 is 0 Å². The molecule has 4 nitrogen and oxygen atoms in total. The largest absolute Gasteiger partial charge is 0.508 e. The number of aromatic hydroxyl groups is 2. The van der Waals surface area contributed by atoms with Crippen LogP contribution in [0.3, 0.4) is 0 Å². The van der Waals surface area contributed by atoms with Crippen LogP contribution in [0, 0.1) is 0 Å². The van der Waals surface area contributed by atoms with Crippen molar-refractivity contribution in [3.05, 3.63) is 23.8 Å². The van der Waals surface area contributed by atoms with Crippen LogP contribution in [0.15, 0.2) is 18.2 Å². The monoisotopic (exact) mass is 179 g/mol. The van der Waals surface area contributed by atoms with Crippen LogP contribution < -0.4 is 5.32 Å². The Bertz CT molecular complexity index is 354. The van der Waals surface area contributed by atoms with Gasteiger partial charge in [-0.25, -0.2) is 0 Å². The maximum Gasteiger partial charge on any atom is 0.222 e. The highest BCUT2D eigenvalue weighted by atomic mass is 16.3. The van der Waals surface area contributed by atoms with Crippen LogP contribution in [-0.2, 0) is 4.79 Å². The van der Waals surface area contributed by atoms with Crippen LogP contribution in [0.1, 0.15) is 18.0 Å². The van der Waals surface area contributed by atoms with E-state index < -0.39 is 0 Å². The summed E-state index contributed by atoms with van der Waals surface area (Å²) in [6.45, 7) is 0. The minimum Gasteiger partial charge on any atom is -0.508 e. The summed E-state index contributed by atoms with van der Waals surface area (Å²) >= 11 is 0. The van der Waals surface area contributed by atoms with Gasteiger partial charge < -0.3 is 15.5 Å². The third-order valence-corrected chi connectivity index (χ3v) is 2.11. The lowest BCUT2D eigenvalue weighted by atomic mass is 9.96. The molecule has 1 aliphatic heterocycles. The Morgan fingerprint density at radius 1 is 1.38 bits per heavy atom. The molecule has 68 valence electrons. The fourth-order valence-electron chi connectivity index (χ4n) is 1.37. The van der Waals surface area contributed by atoms with E-state index in [-0.39, 0.29) is 23.4 Å². The van der Waals surface area contributed by atoms with Crippen LogP contribution >= 0.6 is 0 Å². The number of phenolic OH excluding ortho intramolecular Hbond substituents is 2. The van der Waals surface area contributed by atoms with Crippen molar-refractivity contribution in [1.29, 1.82) is 0 Å². The maximum absolute atomic E-state index is 10.6. The number of hydrogen-bond donors (Lipinski definition) is 3. The number of amides is 1. The predicted molar refractivity (Wildman–Crippen MR) is 45.3 cm³/mol. The fraction of sp³-hybridized carbons (Fsp3) is 0.222. The number of β-lactam (4-membered cyclic amide) rings is 1. The van der Waals surface area contributed by atoms with Gasteiger partial charge in [0.2, 0.25) is 5.91 Å². The average molecular weight is 179 g/mol. The van der Waals surface area contributed by atoms with Gasteiger partial charge in [0.25, 0.3) is 0 Å². The zero-order valence-electron chi connectivity index (χ0n) is 6.82. The van der Waals surface area contributed by atoms with E-state index in [1.54, 1.807) is 6.07 Å². The summed E-state index contributed by atoms with van der Waals surface area (Å²) in [5.41, 5.74) is 0.650. The normalized spacial score (nSPS) is 20.6. The lowest BCUT2D eigenvalue weighted by Gasteiger charge is -2.27. The first-order valence-electron chi connectivity index (χ1n) is 3.98. The van der Waals surface area contributed by atoms with Crippen molar-refractivity contribution >= 4 is 5.91 Å². The second kappa shape index (κ2) is 2.65. The van der Waals surface area contributed by atoms with Gasteiger partial charge in [-0.2, -0.15) is 0 Å². The van der Waals surface area contributed by atoms with E-state index in [2.05, 4.69) is 5.32 Å². The first-order valence-corrected chi connectivity index (χ1v) is 3.98. The molecule has 0 radical (unpaired) electrons. The molecule has 4 heteroatoms. The molecule has 0 spiro atoms. The van der Waals surface area contributed by atoms with Gasteiger partial charge in [0, 0.05) is 11.6 Å². The minimum atomic E-state index is -0.104. The quantitative estimate of drug-likeness (QED) is 0.554. The molecule has 3 N–H and O–H groups in total. The molecule has 0 bridgehead atoms. The van der Waals surface area contributed by atoms with Gasteiger partial charge in [-0.15, -0.1) is 0 Å². The summed E-state index contributed by atoms with van der Waals surface area (Å²) < 4.78 is 0. The van der Waals surface area contributed by atoms with E-state index in [9.17, 15) is 9.90 Å². The molecule has 1 saturated heterocycles. The van der Waals surface area contributed by atoms with Gasteiger partial charge in [0.05, 0.1) is 12.5 Å². The zero-order chi connectivity index (χ0) is 9.42. The summed E-state index contributed by atoms with van der Waals surface area (Å²) in [5, 5.41) is 21.1. The number of phenols is 2. The molecule has 1 aromatic carbocycles. The van der Waals surface area contributed by atoms with E-state index in [0.717, 1.165) is 0 Å². The molecule has 1 fully saturated rings. The number of carbonyl (C=O) groups is 1. The number of rotatable bonds is 1. The molecule has 1 unspecified atom stereocenters. The molecule has 0 aliphatic carbocycles. The van der Waals surface area contributed by atoms with Gasteiger partial charge in [-0.3, -0.25) is 4.79 Å². The third-order valence-electron chi connectivity index (χ3n) is 2.11. The molecule has 1 amide bonds. The highest BCUT2D eigenvalue weighted by Crippen LogP contribution is 2.32. The van der Waals surface area contributed by atoms with Crippen molar-refractivity contribution in [2.75, 3.05) is 0 Å². The first kappa shape index (κ1) is 7.91. The van der Waals surface area contributed by atoms with Crippen molar-refractivity contribution < 1.29 is 15.0 Å². The smallest absolute Gasteiger partial charge is 0.222 e. The molecular weight excluding hydrogens is 170 g/mol. The van der Waals surface area contributed by atoms with Crippen molar-refractivity contribution in [2.24, 2.45) is 0 Å². The maximum atomic E-state index is 10.6. The average Bonchev–Trinajstić information content (AvgIpc) is 2.00. The predicted octanol–water partition coefficient (Wildman–Crippen LogP) is 0.659. The van der Waals surface area contributed by atoms with E-state index in [0.29, 0.717) is 12.0 Å². The molecule has 0 aromatic heterocycles. The van der Waals surface area contributed by atoms with E-state index in [1.807, 2.05) is 0 Å². The summed E-state index contributed by atoms with van der Waals surface area (Å²) in [6, 6.07) is 4.25. The standard InChI is InChI=1S/C9H9NO3/c11-5-1-2-6(8(12)3-5)7-4-9(13)10-7/h1-3,7,11-12H,4H2,(H,10,13). The number of nitrogens with one attached hydrogen (secondary N) is 1. The third kappa shape index (κ3) is 1.30. The second-order valence-corrected chi connectivity index (χ2v) is 3.07. The molecule has 13 heavy (non-hydrogen) atoms. The Hall–Kier alpha value is -1.71. The van der Waals surface area contributed by atoms with Gasteiger partial charge in [0.15, 0.2) is 0 Å². The van der Waals surface area contributed by atoms with Gasteiger partial charge in [-0.1, -0.05) is 0 Å². The van der Waals surface area contributed by atoms with Gasteiger partial charge in [-0.05, 0) is 12.1 Å². The second-order valence-electron chi connectivity index (χ2n) is 3.07. The highest BCUT2D eigenvalue weighted by molar-refractivity contribution is 5.83. The highest BCUT2D eigenvalue weighted by Gasteiger charge is 2.28. The van der Waals surface area contributed by atoms with Crippen molar-refractivity contribution in [3.63, 3.8) is 0 Å². The van der Waals surface area contributed by atoms with Gasteiger partial charge >= 0.3 is 0 Å². The number of benzene rings is 1. The number of carbonyl (C=O) groups excluding carboxylic acids is 1. The first-order chi connectivity index (χ1) is 6.16. The summed E-state index contributed by atoms with van der Waals surface area (Å²) in [6.07, 6.45) is 0.401. The summed E-state index contributed by atoms with van der Waals surface area (Å²) in [7, 11) is 0. The van der Waals surface area contributed by atoms with Crippen LogP contribution in [0.5, 0.6) is 11.5 Å². The lowest BCUT2D eigenvalue weighted by molar-refractivity contribution is -0.128. The Morgan fingerprint density at radius 3 is 2.62 bits per heavy atom. The van der Waals surface area contributed by atoms with E-state index in [1.165, 1.54) is 12.1 Å². The summed E-state index contributed by atoms with van der Waals surface area (Å²) in [5.74, 6) is 0.0226. The molecule has 1 heterocycles.